The van der Waals surface area contributed by atoms with Crippen molar-refractivity contribution in [3.63, 3.8) is 0 Å². The van der Waals surface area contributed by atoms with Crippen LogP contribution >= 0.6 is 11.3 Å². The molecule has 2 atom stereocenters. The highest BCUT2D eigenvalue weighted by Crippen LogP contribution is 2.25. The lowest BCUT2D eigenvalue weighted by Crippen LogP contribution is -2.26. The average molecular weight is 293 g/mol. The van der Waals surface area contributed by atoms with E-state index in [9.17, 15) is 9.50 Å². The number of nitrogens with two attached hydrogens (primary N) is 1. The van der Waals surface area contributed by atoms with Crippen LogP contribution in [0.15, 0.2) is 41.8 Å². The van der Waals surface area contributed by atoms with Crippen molar-refractivity contribution in [2.24, 2.45) is 5.73 Å². The van der Waals surface area contributed by atoms with Gasteiger partial charge in [-0.05, 0) is 42.3 Å². The highest BCUT2D eigenvalue weighted by molar-refractivity contribution is 7.09. The first-order chi connectivity index (χ1) is 9.72. The van der Waals surface area contributed by atoms with Gasteiger partial charge in [-0.2, -0.15) is 0 Å². The predicted molar refractivity (Wildman–Crippen MR) is 81.5 cm³/mol. The summed E-state index contributed by atoms with van der Waals surface area (Å²) in [4.78, 5) is 1.31. The highest BCUT2D eigenvalue weighted by atomic mass is 32.1. The molecule has 1 aromatic carbocycles. The fourth-order valence-electron chi connectivity index (χ4n) is 2.41. The third-order valence-electron chi connectivity index (χ3n) is 3.53. The van der Waals surface area contributed by atoms with Crippen LogP contribution in [-0.4, -0.2) is 17.8 Å². The van der Waals surface area contributed by atoms with Gasteiger partial charge in [0.15, 0.2) is 0 Å². The minimum Gasteiger partial charge on any atom is -0.392 e. The number of halogens is 1. The number of hydrogen-bond donors (Lipinski definition) is 2. The Balaban J connectivity index is 1.92. The summed E-state index contributed by atoms with van der Waals surface area (Å²) in [5, 5.41) is 12.3. The molecule has 20 heavy (non-hydrogen) atoms. The van der Waals surface area contributed by atoms with Gasteiger partial charge in [0, 0.05) is 17.3 Å². The van der Waals surface area contributed by atoms with Crippen LogP contribution in [-0.2, 0) is 6.42 Å². The van der Waals surface area contributed by atoms with Crippen molar-refractivity contribution in [3.05, 3.63) is 58.0 Å². The van der Waals surface area contributed by atoms with Gasteiger partial charge >= 0.3 is 0 Å². The van der Waals surface area contributed by atoms with E-state index < -0.39 is 6.10 Å². The van der Waals surface area contributed by atoms with Crippen LogP contribution in [0.4, 0.5) is 4.39 Å². The third kappa shape index (κ3) is 3.88. The Labute approximate surface area is 123 Å². The van der Waals surface area contributed by atoms with Crippen LogP contribution in [0.2, 0.25) is 0 Å². The minimum atomic E-state index is -0.600. The molecule has 0 aliphatic heterocycles. The Morgan fingerprint density at radius 1 is 1.20 bits per heavy atom. The normalized spacial score (nSPS) is 14.2. The van der Waals surface area contributed by atoms with E-state index in [0.29, 0.717) is 12.0 Å². The first-order valence-electron chi connectivity index (χ1n) is 6.87. The molecule has 1 heterocycles. The number of aliphatic hydroxyl groups excluding tert-OH is 1. The van der Waals surface area contributed by atoms with Gasteiger partial charge in [-0.15, -0.1) is 11.3 Å². The molecule has 2 aromatic rings. The molecule has 0 radical (unpaired) electrons. The van der Waals surface area contributed by atoms with Crippen LogP contribution in [0.1, 0.15) is 29.2 Å². The predicted octanol–water partition coefficient (Wildman–Crippen LogP) is 3.31. The van der Waals surface area contributed by atoms with Crippen molar-refractivity contribution in [1.82, 2.24) is 0 Å². The van der Waals surface area contributed by atoms with Crippen LogP contribution < -0.4 is 5.73 Å². The Kier molecular flexibility index (Phi) is 5.71. The quantitative estimate of drug-likeness (QED) is 0.822. The van der Waals surface area contributed by atoms with E-state index in [-0.39, 0.29) is 18.3 Å². The average Bonchev–Trinajstić information content (AvgIpc) is 2.95. The molecule has 2 rings (SSSR count). The lowest BCUT2D eigenvalue weighted by Gasteiger charge is -2.22. The van der Waals surface area contributed by atoms with Crippen molar-refractivity contribution < 1.29 is 9.50 Å². The van der Waals surface area contributed by atoms with Gasteiger partial charge in [-0.1, -0.05) is 24.3 Å². The van der Waals surface area contributed by atoms with E-state index in [4.69, 9.17) is 5.73 Å². The Hall–Kier alpha value is -1.23. The maximum absolute atomic E-state index is 13.8. The molecule has 0 aliphatic rings. The van der Waals surface area contributed by atoms with Crippen molar-refractivity contribution in [1.29, 1.82) is 0 Å². The number of hydrogen-bond acceptors (Lipinski definition) is 3. The van der Waals surface area contributed by atoms with Gasteiger partial charge in [0.2, 0.25) is 0 Å². The molecule has 0 saturated heterocycles. The standard InChI is InChI=1S/C16H20FNOS/c17-15-8-2-1-7-13(15)14(11-18)16(19)9-3-5-12-6-4-10-20-12/h1-2,4,6-8,10,14,16,19H,3,5,9,11,18H2. The molecule has 108 valence electrons. The van der Waals surface area contributed by atoms with Crippen LogP contribution in [0.3, 0.4) is 0 Å². The summed E-state index contributed by atoms with van der Waals surface area (Å²) in [6.07, 6.45) is 1.86. The summed E-state index contributed by atoms with van der Waals surface area (Å²) < 4.78 is 13.8. The van der Waals surface area contributed by atoms with E-state index >= 15 is 0 Å². The summed E-state index contributed by atoms with van der Waals surface area (Å²) in [6.45, 7) is 0.251. The van der Waals surface area contributed by atoms with E-state index in [1.165, 1.54) is 10.9 Å². The van der Waals surface area contributed by atoms with E-state index in [1.807, 2.05) is 11.4 Å². The smallest absolute Gasteiger partial charge is 0.126 e. The first kappa shape index (κ1) is 15.2. The molecule has 0 amide bonds. The topological polar surface area (TPSA) is 46.2 Å². The second-order valence-corrected chi connectivity index (χ2v) is 5.93. The van der Waals surface area contributed by atoms with E-state index in [2.05, 4.69) is 6.07 Å². The molecule has 0 bridgehead atoms. The van der Waals surface area contributed by atoms with E-state index in [0.717, 1.165) is 12.8 Å². The highest BCUT2D eigenvalue weighted by Gasteiger charge is 2.22. The number of aliphatic hydroxyl groups is 1. The van der Waals surface area contributed by atoms with Crippen molar-refractivity contribution in [2.45, 2.75) is 31.3 Å². The molecular weight excluding hydrogens is 273 g/mol. The van der Waals surface area contributed by atoms with Gasteiger partial charge in [0.05, 0.1) is 6.10 Å². The van der Waals surface area contributed by atoms with Gasteiger partial charge in [-0.25, -0.2) is 4.39 Å². The molecular formula is C16H20FNOS. The maximum Gasteiger partial charge on any atom is 0.126 e. The number of thiophene rings is 1. The van der Waals surface area contributed by atoms with Gasteiger partial charge in [-0.3, -0.25) is 0 Å². The van der Waals surface area contributed by atoms with Crippen molar-refractivity contribution in [3.8, 4) is 0 Å². The Bertz CT molecular complexity index is 515. The minimum absolute atomic E-state index is 0.251. The fraction of sp³-hybridized carbons (Fsp3) is 0.375. The zero-order chi connectivity index (χ0) is 14.4. The Morgan fingerprint density at radius 3 is 2.65 bits per heavy atom. The van der Waals surface area contributed by atoms with Gasteiger partial charge in [0.1, 0.15) is 5.82 Å². The summed E-state index contributed by atoms with van der Waals surface area (Å²) >= 11 is 1.72. The second kappa shape index (κ2) is 7.53. The number of benzene rings is 1. The fourth-order valence-corrected chi connectivity index (χ4v) is 3.16. The molecule has 0 spiro atoms. The van der Waals surface area contributed by atoms with Crippen LogP contribution in [0.25, 0.3) is 0 Å². The molecule has 0 aliphatic carbocycles. The molecule has 3 N–H and O–H groups in total. The van der Waals surface area contributed by atoms with Gasteiger partial charge < -0.3 is 10.8 Å². The van der Waals surface area contributed by atoms with Crippen LogP contribution in [0.5, 0.6) is 0 Å². The summed E-state index contributed by atoms with van der Waals surface area (Å²) in [7, 11) is 0. The molecule has 2 nitrogen and oxygen atoms in total. The molecule has 2 unspecified atom stereocenters. The summed E-state index contributed by atoms with van der Waals surface area (Å²) in [6, 6.07) is 10.7. The Morgan fingerprint density at radius 2 is 2.00 bits per heavy atom. The molecule has 4 heteroatoms. The van der Waals surface area contributed by atoms with Crippen molar-refractivity contribution in [2.75, 3.05) is 6.54 Å². The van der Waals surface area contributed by atoms with Crippen molar-refractivity contribution >= 4 is 11.3 Å². The SMILES string of the molecule is NCC(c1ccccc1F)C(O)CCCc1cccs1. The summed E-state index contributed by atoms with van der Waals surface area (Å²) in [5.74, 6) is -0.625. The van der Waals surface area contributed by atoms with Gasteiger partial charge in [0.25, 0.3) is 0 Å². The van der Waals surface area contributed by atoms with E-state index in [1.54, 1.807) is 29.5 Å². The number of rotatable bonds is 7. The monoisotopic (exact) mass is 293 g/mol. The lowest BCUT2D eigenvalue weighted by atomic mass is 9.90. The first-order valence-corrected chi connectivity index (χ1v) is 7.75. The number of aryl methyl sites for hydroxylation is 1. The zero-order valence-corrected chi connectivity index (χ0v) is 12.2. The molecule has 0 saturated carbocycles. The lowest BCUT2D eigenvalue weighted by molar-refractivity contribution is 0.132. The maximum atomic E-state index is 13.8. The summed E-state index contributed by atoms with van der Waals surface area (Å²) in [5.41, 5.74) is 6.23. The zero-order valence-electron chi connectivity index (χ0n) is 11.3. The third-order valence-corrected chi connectivity index (χ3v) is 4.46. The molecule has 0 fully saturated rings. The van der Waals surface area contributed by atoms with Crippen LogP contribution in [0, 0.1) is 5.82 Å². The largest absolute Gasteiger partial charge is 0.392 e. The molecule has 1 aromatic heterocycles. The second-order valence-electron chi connectivity index (χ2n) is 4.90.